The molecule has 0 bridgehead atoms. The first kappa shape index (κ1) is 11.5. The first-order valence-corrected chi connectivity index (χ1v) is 5.13. The first-order valence-electron chi connectivity index (χ1n) is 4.75. The molecule has 0 aromatic carbocycles. The number of carbonyl (C=O) groups is 1. The average molecular weight is 253 g/mol. The topological polar surface area (TPSA) is 80.8 Å². The molecule has 0 fully saturated rings. The third kappa shape index (κ3) is 2.12. The highest BCUT2D eigenvalue weighted by molar-refractivity contribution is 6.33. The van der Waals surface area contributed by atoms with E-state index in [9.17, 15) is 4.79 Å². The zero-order valence-corrected chi connectivity index (χ0v) is 9.95. The molecular formula is C10H9ClN4O2. The molecule has 2 aromatic rings. The van der Waals surface area contributed by atoms with Crippen molar-refractivity contribution >= 4 is 17.6 Å². The SMILES string of the molecule is COC(=O)c1c(-c2nccc(C)n2)n[nH]c1Cl. The van der Waals surface area contributed by atoms with Crippen LogP contribution in [0.15, 0.2) is 12.3 Å². The maximum absolute atomic E-state index is 11.6. The number of H-pyrrole nitrogens is 1. The van der Waals surface area contributed by atoms with Crippen LogP contribution in [0.5, 0.6) is 0 Å². The Morgan fingerprint density at radius 1 is 1.53 bits per heavy atom. The third-order valence-corrected chi connectivity index (χ3v) is 2.39. The molecule has 17 heavy (non-hydrogen) atoms. The quantitative estimate of drug-likeness (QED) is 0.822. The van der Waals surface area contributed by atoms with Gasteiger partial charge in [-0.15, -0.1) is 0 Å². The smallest absolute Gasteiger partial charge is 0.343 e. The summed E-state index contributed by atoms with van der Waals surface area (Å²) in [7, 11) is 1.27. The zero-order valence-electron chi connectivity index (χ0n) is 9.19. The number of nitrogens with one attached hydrogen (secondary N) is 1. The third-order valence-electron chi connectivity index (χ3n) is 2.12. The maximum atomic E-state index is 11.6. The second-order valence-corrected chi connectivity index (χ2v) is 3.65. The van der Waals surface area contributed by atoms with Crippen LogP contribution in [-0.2, 0) is 4.74 Å². The number of carbonyl (C=O) groups excluding carboxylic acids is 1. The predicted octanol–water partition coefficient (Wildman–Crippen LogP) is 1.62. The molecule has 0 aliphatic rings. The fourth-order valence-electron chi connectivity index (χ4n) is 1.33. The van der Waals surface area contributed by atoms with Crippen molar-refractivity contribution in [1.82, 2.24) is 20.2 Å². The number of rotatable bonds is 2. The van der Waals surface area contributed by atoms with Crippen LogP contribution in [0.3, 0.4) is 0 Å². The van der Waals surface area contributed by atoms with Crippen LogP contribution < -0.4 is 0 Å². The van der Waals surface area contributed by atoms with Gasteiger partial charge in [0.25, 0.3) is 0 Å². The lowest BCUT2D eigenvalue weighted by molar-refractivity contribution is 0.0602. The van der Waals surface area contributed by atoms with Gasteiger partial charge in [-0.1, -0.05) is 11.6 Å². The van der Waals surface area contributed by atoms with Gasteiger partial charge in [-0.3, -0.25) is 5.10 Å². The van der Waals surface area contributed by atoms with Crippen LogP contribution in [0.4, 0.5) is 0 Å². The van der Waals surface area contributed by atoms with Gasteiger partial charge in [0.05, 0.1) is 7.11 Å². The van der Waals surface area contributed by atoms with E-state index < -0.39 is 5.97 Å². The molecule has 6 nitrogen and oxygen atoms in total. The number of hydrogen-bond donors (Lipinski definition) is 1. The molecule has 0 atom stereocenters. The average Bonchev–Trinajstić information content (AvgIpc) is 2.70. The highest BCUT2D eigenvalue weighted by Gasteiger charge is 2.22. The van der Waals surface area contributed by atoms with Crippen LogP contribution in [-0.4, -0.2) is 33.2 Å². The van der Waals surface area contributed by atoms with Gasteiger partial charge in [-0.2, -0.15) is 5.10 Å². The van der Waals surface area contributed by atoms with E-state index in [2.05, 4.69) is 24.9 Å². The van der Waals surface area contributed by atoms with E-state index >= 15 is 0 Å². The van der Waals surface area contributed by atoms with E-state index in [1.807, 2.05) is 6.92 Å². The summed E-state index contributed by atoms with van der Waals surface area (Å²) in [6.07, 6.45) is 1.58. The van der Waals surface area contributed by atoms with Gasteiger partial charge in [0.2, 0.25) is 0 Å². The molecule has 1 N–H and O–H groups in total. The number of aryl methyl sites for hydroxylation is 1. The number of esters is 1. The monoisotopic (exact) mass is 252 g/mol. The molecule has 0 aliphatic carbocycles. The van der Waals surface area contributed by atoms with Crippen molar-refractivity contribution in [3.63, 3.8) is 0 Å². The Bertz CT molecular complexity index is 567. The van der Waals surface area contributed by atoms with E-state index in [-0.39, 0.29) is 16.4 Å². The molecule has 0 radical (unpaired) electrons. The number of methoxy groups -OCH3 is 1. The molecule has 0 spiro atoms. The zero-order chi connectivity index (χ0) is 12.4. The van der Waals surface area contributed by atoms with Crippen LogP contribution in [0, 0.1) is 6.92 Å². The normalized spacial score (nSPS) is 10.3. The Morgan fingerprint density at radius 2 is 2.29 bits per heavy atom. The maximum Gasteiger partial charge on any atom is 0.343 e. The van der Waals surface area contributed by atoms with E-state index in [1.54, 1.807) is 12.3 Å². The molecule has 2 rings (SSSR count). The summed E-state index contributed by atoms with van der Waals surface area (Å²) in [5, 5.41) is 6.53. The number of ether oxygens (including phenoxy) is 1. The van der Waals surface area contributed by atoms with E-state index in [1.165, 1.54) is 7.11 Å². The van der Waals surface area contributed by atoms with Crippen molar-refractivity contribution in [2.24, 2.45) is 0 Å². The lowest BCUT2D eigenvalue weighted by atomic mass is 10.2. The molecule has 0 saturated heterocycles. The number of aromatic nitrogens is 4. The summed E-state index contributed by atoms with van der Waals surface area (Å²) in [5.74, 6) is -0.252. The molecule has 0 saturated carbocycles. The Morgan fingerprint density at radius 3 is 2.94 bits per heavy atom. The van der Waals surface area contributed by atoms with Gasteiger partial charge in [0, 0.05) is 11.9 Å². The largest absolute Gasteiger partial charge is 0.465 e. The van der Waals surface area contributed by atoms with Crippen LogP contribution in [0.25, 0.3) is 11.5 Å². The van der Waals surface area contributed by atoms with Crippen molar-refractivity contribution < 1.29 is 9.53 Å². The minimum Gasteiger partial charge on any atom is -0.465 e. The Hall–Kier alpha value is -1.95. The summed E-state index contributed by atoms with van der Waals surface area (Å²) in [6, 6.07) is 1.75. The molecule has 2 heterocycles. The lowest BCUT2D eigenvalue weighted by Crippen LogP contribution is -2.04. The summed E-state index contributed by atoms with van der Waals surface area (Å²) in [6.45, 7) is 1.82. The highest BCUT2D eigenvalue weighted by atomic mass is 35.5. The second-order valence-electron chi connectivity index (χ2n) is 3.27. The fourth-order valence-corrected chi connectivity index (χ4v) is 1.54. The molecule has 2 aromatic heterocycles. The van der Waals surface area contributed by atoms with Gasteiger partial charge in [-0.05, 0) is 13.0 Å². The Labute approximate surface area is 102 Å². The summed E-state index contributed by atoms with van der Waals surface area (Å²) in [5.41, 5.74) is 1.19. The van der Waals surface area contributed by atoms with E-state index in [4.69, 9.17) is 11.6 Å². The number of aromatic amines is 1. The van der Waals surface area contributed by atoms with Crippen molar-refractivity contribution in [1.29, 1.82) is 0 Å². The highest BCUT2D eigenvalue weighted by Crippen LogP contribution is 2.24. The Balaban J connectivity index is 2.57. The van der Waals surface area contributed by atoms with Gasteiger partial charge >= 0.3 is 5.97 Å². The van der Waals surface area contributed by atoms with Crippen LogP contribution >= 0.6 is 11.6 Å². The summed E-state index contributed by atoms with van der Waals surface area (Å²) in [4.78, 5) is 19.8. The second kappa shape index (κ2) is 4.50. The van der Waals surface area contributed by atoms with Crippen molar-refractivity contribution in [3.8, 4) is 11.5 Å². The molecule has 0 amide bonds. The number of halogens is 1. The standard InChI is InChI=1S/C10H9ClN4O2/c1-5-3-4-12-9(13-5)7-6(10(16)17-2)8(11)15-14-7/h3-4H,1-2H3,(H,14,15). The molecular weight excluding hydrogens is 244 g/mol. The van der Waals surface area contributed by atoms with Crippen LogP contribution in [0.1, 0.15) is 16.1 Å². The van der Waals surface area contributed by atoms with E-state index in [0.717, 1.165) is 5.69 Å². The fraction of sp³-hybridized carbons (Fsp3) is 0.200. The molecule has 0 unspecified atom stereocenters. The van der Waals surface area contributed by atoms with Gasteiger partial charge in [-0.25, -0.2) is 14.8 Å². The number of nitrogens with zero attached hydrogens (tertiary/aromatic N) is 3. The van der Waals surface area contributed by atoms with E-state index in [0.29, 0.717) is 5.82 Å². The summed E-state index contributed by atoms with van der Waals surface area (Å²) < 4.78 is 4.63. The number of hydrogen-bond acceptors (Lipinski definition) is 5. The summed E-state index contributed by atoms with van der Waals surface area (Å²) >= 11 is 5.83. The van der Waals surface area contributed by atoms with Gasteiger partial charge in [0.15, 0.2) is 5.82 Å². The molecule has 0 aliphatic heterocycles. The lowest BCUT2D eigenvalue weighted by Gasteiger charge is -2.00. The van der Waals surface area contributed by atoms with Crippen molar-refractivity contribution in [2.45, 2.75) is 6.92 Å². The van der Waals surface area contributed by atoms with Gasteiger partial charge in [0.1, 0.15) is 16.4 Å². The van der Waals surface area contributed by atoms with Crippen LogP contribution in [0.2, 0.25) is 5.15 Å². The minimum atomic E-state index is -0.580. The molecule has 7 heteroatoms. The molecule has 88 valence electrons. The Kier molecular flexibility index (Phi) is 3.06. The van der Waals surface area contributed by atoms with Crippen molar-refractivity contribution in [3.05, 3.63) is 28.7 Å². The van der Waals surface area contributed by atoms with Gasteiger partial charge < -0.3 is 4.74 Å². The van der Waals surface area contributed by atoms with Crippen molar-refractivity contribution in [2.75, 3.05) is 7.11 Å². The minimum absolute atomic E-state index is 0.108. The predicted molar refractivity (Wildman–Crippen MR) is 60.7 cm³/mol. The first-order chi connectivity index (χ1) is 8.13.